The van der Waals surface area contributed by atoms with Gasteiger partial charge in [-0.05, 0) is 19.0 Å². The molecule has 0 radical (unpaired) electrons. The van der Waals surface area contributed by atoms with Crippen LogP contribution < -0.4 is 10.5 Å². The summed E-state index contributed by atoms with van der Waals surface area (Å²) in [5.74, 6) is 0.102. The molecule has 0 saturated carbocycles. The van der Waals surface area contributed by atoms with Crippen LogP contribution in [0.25, 0.3) is 0 Å². The van der Waals surface area contributed by atoms with Gasteiger partial charge in [-0.3, -0.25) is 0 Å². The summed E-state index contributed by atoms with van der Waals surface area (Å²) in [6, 6.07) is 4.73. The van der Waals surface area contributed by atoms with E-state index >= 15 is 0 Å². The van der Waals surface area contributed by atoms with E-state index in [1.165, 1.54) is 13.2 Å². The maximum atomic E-state index is 9.80. The molecule has 5 nitrogen and oxygen atoms in total. The van der Waals surface area contributed by atoms with Gasteiger partial charge in [0.1, 0.15) is 6.10 Å². The lowest BCUT2D eigenvalue weighted by molar-refractivity contribution is 0.0135. The number of nitrogens with two attached hydrogens (primary N) is 1. The molecule has 5 heteroatoms. The molecule has 90 valence electrons. The highest BCUT2D eigenvalue weighted by Gasteiger charge is 2.22. The van der Waals surface area contributed by atoms with Crippen molar-refractivity contribution in [2.75, 3.05) is 13.7 Å². The largest absolute Gasteiger partial charge is 0.504 e. The quantitative estimate of drug-likeness (QED) is 0.574. The smallest absolute Gasteiger partial charge is 0.163 e. The van der Waals surface area contributed by atoms with E-state index in [0.717, 1.165) is 0 Å². The van der Waals surface area contributed by atoms with E-state index in [1.54, 1.807) is 12.1 Å². The molecule has 1 aromatic carbocycles. The van der Waals surface area contributed by atoms with Crippen molar-refractivity contribution in [3.8, 4) is 11.5 Å². The predicted octanol–water partition coefficient (Wildman–Crippen LogP) is 0.144. The molecule has 0 spiro atoms. The van der Waals surface area contributed by atoms with E-state index in [1.807, 2.05) is 0 Å². The van der Waals surface area contributed by atoms with Crippen LogP contribution in [-0.2, 0) is 0 Å². The lowest BCUT2D eigenvalue weighted by Gasteiger charge is -2.19. The fraction of sp³-hybridized carbons (Fsp3) is 0.455. The molecule has 0 amide bonds. The van der Waals surface area contributed by atoms with E-state index < -0.39 is 12.2 Å². The SMILES string of the molecule is COc1cccc(C(O)C(O)CCN)c1O. The topological polar surface area (TPSA) is 95.9 Å². The van der Waals surface area contributed by atoms with Gasteiger partial charge in [-0.1, -0.05) is 12.1 Å². The summed E-state index contributed by atoms with van der Waals surface area (Å²) in [7, 11) is 1.42. The van der Waals surface area contributed by atoms with Crippen molar-refractivity contribution in [2.45, 2.75) is 18.6 Å². The molecule has 0 aliphatic rings. The number of aromatic hydroxyl groups is 1. The molecule has 2 unspecified atom stereocenters. The number of ether oxygens (including phenoxy) is 1. The van der Waals surface area contributed by atoms with Gasteiger partial charge in [-0.25, -0.2) is 0 Å². The van der Waals surface area contributed by atoms with Crippen LogP contribution in [0.1, 0.15) is 18.1 Å². The zero-order valence-electron chi connectivity index (χ0n) is 9.13. The second-order valence-electron chi connectivity index (χ2n) is 3.49. The molecule has 1 rings (SSSR count). The number of aliphatic hydroxyl groups is 2. The van der Waals surface area contributed by atoms with Gasteiger partial charge in [0.25, 0.3) is 0 Å². The number of methoxy groups -OCH3 is 1. The zero-order chi connectivity index (χ0) is 12.1. The second-order valence-corrected chi connectivity index (χ2v) is 3.49. The first-order valence-electron chi connectivity index (χ1n) is 5.03. The van der Waals surface area contributed by atoms with Crippen molar-refractivity contribution in [2.24, 2.45) is 5.73 Å². The van der Waals surface area contributed by atoms with Crippen molar-refractivity contribution in [3.05, 3.63) is 23.8 Å². The average molecular weight is 227 g/mol. The first kappa shape index (κ1) is 12.8. The maximum Gasteiger partial charge on any atom is 0.163 e. The Morgan fingerprint density at radius 1 is 1.38 bits per heavy atom. The third kappa shape index (κ3) is 2.63. The summed E-state index contributed by atoms with van der Waals surface area (Å²) in [6.07, 6.45) is -1.90. The average Bonchev–Trinajstić information content (AvgIpc) is 2.29. The Bertz CT molecular complexity index is 343. The fourth-order valence-electron chi connectivity index (χ4n) is 1.48. The molecule has 2 atom stereocenters. The molecule has 0 aliphatic carbocycles. The molecule has 1 aromatic rings. The first-order valence-corrected chi connectivity index (χ1v) is 5.03. The molecule has 0 aliphatic heterocycles. The van der Waals surface area contributed by atoms with Crippen LogP contribution >= 0.6 is 0 Å². The summed E-state index contributed by atoms with van der Waals surface area (Å²) in [5, 5.41) is 29.1. The first-order chi connectivity index (χ1) is 7.61. The van der Waals surface area contributed by atoms with Gasteiger partial charge < -0.3 is 25.8 Å². The molecular formula is C11H17NO4. The number of phenolic OH excluding ortho intramolecular Hbond substituents is 1. The highest BCUT2D eigenvalue weighted by atomic mass is 16.5. The third-order valence-corrected chi connectivity index (χ3v) is 2.40. The van der Waals surface area contributed by atoms with Gasteiger partial charge in [0.15, 0.2) is 11.5 Å². The number of rotatable bonds is 5. The van der Waals surface area contributed by atoms with E-state index in [9.17, 15) is 15.3 Å². The van der Waals surface area contributed by atoms with Crippen LogP contribution in [0.4, 0.5) is 0 Å². The minimum absolute atomic E-state index is 0.159. The van der Waals surface area contributed by atoms with E-state index in [0.29, 0.717) is 0 Å². The molecule has 0 saturated heterocycles. The Hall–Kier alpha value is -1.30. The number of hydrogen-bond acceptors (Lipinski definition) is 5. The molecule has 0 heterocycles. The van der Waals surface area contributed by atoms with Gasteiger partial charge in [0.2, 0.25) is 0 Å². The van der Waals surface area contributed by atoms with Crippen LogP contribution in [0, 0.1) is 0 Å². The summed E-state index contributed by atoms with van der Waals surface area (Å²) in [5.41, 5.74) is 5.52. The van der Waals surface area contributed by atoms with Crippen molar-refractivity contribution < 1.29 is 20.1 Å². The van der Waals surface area contributed by atoms with Gasteiger partial charge in [-0.2, -0.15) is 0 Å². The summed E-state index contributed by atoms with van der Waals surface area (Å²) >= 11 is 0. The summed E-state index contributed by atoms with van der Waals surface area (Å²) in [6.45, 7) is 0.267. The van der Waals surface area contributed by atoms with Gasteiger partial charge in [0, 0.05) is 5.56 Å². The Balaban J connectivity index is 2.94. The molecule has 0 bridgehead atoms. The van der Waals surface area contributed by atoms with Crippen molar-refractivity contribution in [3.63, 3.8) is 0 Å². The van der Waals surface area contributed by atoms with Gasteiger partial charge in [-0.15, -0.1) is 0 Å². The van der Waals surface area contributed by atoms with E-state index in [-0.39, 0.29) is 30.0 Å². The fourth-order valence-corrected chi connectivity index (χ4v) is 1.48. The van der Waals surface area contributed by atoms with Crippen LogP contribution in [0.2, 0.25) is 0 Å². The summed E-state index contributed by atoms with van der Waals surface area (Å²) < 4.78 is 4.91. The second kappa shape index (κ2) is 5.69. The highest BCUT2D eigenvalue weighted by Crippen LogP contribution is 2.34. The number of benzene rings is 1. The molecular weight excluding hydrogens is 210 g/mol. The third-order valence-electron chi connectivity index (χ3n) is 2.40. The lowest BCUT2D eigenvalue weighted by Crippen LogP contribution is -2.21. The number of hydrogen-bond donors (Lipinski definition) is 4. The van der Waals surface area contributed by atoms with E-state index in [4.69, 9.17) is 10.5 Å². The van der Waals surface area contributed by atoms with Crippen LogP contribution in [0.15, 0.2) is 18.2 Å². The number of phenols is 1. The summed E-state index contributed by atoms with van der Waals surface area (Å²) in [4.78, 5) is 0. The molecule has 0 aromatic heterocycles. The van der Waals surface area contributed by atoms with Crippen molar-refractivity contribution >= 4 is 0 Å². The number of para-hydroxylation sites is 1. The highest BCUT2D eigenvalue weighted by molar-refractivity contribution is 5.46. The zero-order valence-corrected chi connectivity index (χ0v) is 9.13. The minimum atomic E-state index is -1.17. The Morgan fingerprint density at radius 2 is 2.06 bits per heavy atom. The standard InChI is InChI=1S/C11H17NO4/c1-16-9-4-2-3-7(11(9)15)10(14)8(13)5-6-12/h2-4,8,10,13-15H,5-6,12H2,1H3. The Labute approximate surface area is 94.1 Å². The predicted molar refractivity (Wildman–Crippen MR) is 59.3 cm³/mol. The molecule has 5 N–H and O–H groups in total. The molecule has 16 heavy (non-hydrogen) atoms. The lowest BCUT2D eigenvalue weighted by atomic mass is 10.0. The van der Waals surface area contributed by atoms with Crippen LogP contribution in [-0.4, -0.2) is 35.1 Å². The van der Waals surface area contributed by atoms with Gasteiger partial charge >= 0.3 is 0 Å². The minimum Gasteiger partial charge on any atom is -0.504 e. The Kier molecular flexibility index (Phi) is 4.54. The van der Waals surface area contributed by atoms with Crippen LogP contribution in [0.5, 0.6) is 11.5 Å². The molecule has 0 fully saturated rings. The van der Waals surface area contributed by atoms with Gasteiger partial charge in [0.05, 0.1) is 13.2 Å². The van der Waals surface area contributed by atoms with Crippen LogP contribution in [0.3, 0.4) is 0 Å². The monoisotopic (exact) mass is 227 g/mol. The Morgan fingerprint density at radius 3 is 2.62 bits per heavy atom. The number of aliphatic hydroxyl groups excluding tert-OH is 2. The normalized spacial score (nSPS) is 14.5. The van der Waals surface area contributed by atoms with Crippen molar-refractivity contribution in [1.29, 1.82) is 0 Å². The van der Waals surface area contributed by atoms with E-state index in [2.05, 4.69) is 0 Å². The maximum absolute atomic E-state index is 9.80. The van der Waals surface area contributed by atoms with Crippen molar-refractivity contribution in [1.82, 2.24) is 0 Å².